The highest BCUT2D eigenvalue weighted by atomic mass is 32.2. The third kappa shape index (κ3) is 8.93. The lowest BCUT2D eigenvalue weighted by Gasteiger charge is -2.43. The number of aryl methyl sites for hydroxylation is 2. The van der Waals surface area contributed by atoms with Crippen LogP contribution in [0.1, 0.15) is 109 Å². The number of benzene rings is 1. The molecule has 41 heavy (non-hydrogen) atoms. The van der Waals surface area contributed by atoms with Crippen molar-refractivity contribution >= 4 is 11.9 Å². The summed E-state index contributed by atoms with van der Waals surface area (Å²) in [7, 11) is 0. The van der Waals surface area contributed by atoms with E-state index in [1.54, 1.807) is 0 Å². The van der Waals surface area contributed by atoms with E-state index in [0.29, 0.717) is 22.8 Å². The van der Waals surface area contributed by atoms with E-state index in [1.807, 2.05) is 11.9 Å². The molecule has 6 nitrogen and oxygen atoms in total. The monoisotopic (exact) mass is 586 g/mol. The quantitative estimate of drug-likeness (QED) is 0.341. The molecule has 3 N–H and O–H groups in total. The van der Waals surface area contributed by atoms with Crippen molar-refractivity contribution in [2.75, 3.05) is 26.3 Å². The molecule has 3 aliphatic heterocycles. The maximum atomic E-state index is 6.90. The first-order valence-corrected chi connectivity index (χ1v) is 17.3. The van der Waals surface area contributed by atoms with E-state index < -0.39 is 0 Å². The maximum absolute atomic E-state index is 6.90. The molecule has 1 aromatic carbocycles. The summed E-state index contributed by atoms with van der Waals surface area (Å²) in [5.74, 6) is 0.731. The Morgan fingerprint density at radius 2 is 1.80 bits per heavy atom. The van der Waals surface area contributed by atoms with Crippen LogP contribution < -0.4 is 15.4 Å². The highest BCUT2D eigenvalue weighted by Gasteiger charge is 2.37. The summed E-state index contributed by atoms with van der Waals surface area (Å²) >= 11 is 1.95. The first kappa shape index (κ1) is 31.7. The molecule has 7 heteroatoms. The molecule has 5 rings (SSSR count). The second-order valence-electron chi connectivity index (χ2n) is 15.6. The van der Waals surface area contributed by atoms with Crippen molar-refractivity contribution in [1.82, 2.24) is 20.3 Å². The summed E-state index contributed by atoms with van der Waals surface area (Å²) < 4.78 is 17.2. The van der Waals surface area contributed by atoms with Crippen LogP contribution in [0, 0.1) is 30.6 Å². The zero-order valence-electron chi connectivity index (χ0n) is 26.9. The average Bonchev–Trinajstić information content (AvgIpc) is 2.90. The molecule has 1 aromatic rings. The summed E-state index contributed by atoms with van der Waals surface area (Å²) in [6, 6.07) is 7.29. The molecular formula is C34H58N4O2S. The second kappa shape index (κ2) is 13.5. The minimum absolute atomic E-state index is 0.00506. The molecule has 4 bridgehead atoms. The molecule has 1 aliphatic carbocycles. The van der Waals surface area contributed by atoms with Gasteiger partial charge in [-0.2, -0.15) is 0 Å². The van der Waals surface area contributed by atoms with Crippen LogP contribution in [0.25, 0.3) is 0 Å². The van der Waals surface area contributed by atoms with Gasteiger partial charge in [-0.15, -0.1) is 0 Å². The predicted octanol–water partition coefficient (Wildman–Crippen LogP) is 6.68. The minimum Gasteiger partial charge on any atom is -0.376 e. The molecule has 7 atom stereocenters. The van der Waals surface area contributed by atoms with E-state index in [1.165, 1.54) is 48.8 Å². The fourth-order valence-electron chi connectivity index (χ4n) is 7.61. The minimum atomic E-state index is -0.00506. The number of ether oxygens (including phenoxy) is 2. The summed E-state index contributed by atoms with van der Waals surface area (Å²) in [4.78, 5) is 2.80. The van der Waals surface area contributed by atoms with Crippen LogP contribution in [0.5, 0.6) is 0 Å². The average molecular weight is 587 g/mol. The lowest BCUT2D eigenvalue weighted by Crippen LogP contribution is -2.61. The zero-order chi connectivity index (χ0) is 29.2. The van der Waals surface area contributed by atoms with Crippen LogP contribution in [0.2, 0.25) is 0 Å². The number of nitrogens with zero attached hydrogens (tertiary/aromatic N) is 1. The smallest absolute Gasteiger partial charge is 0.123 e. The molecule has 0 radical (unpaired) electrons. The molecule has 3 saturated heterocycles. The van der Waals surface area contributed by atoms with E-state index in [0.717, 1.165) is 51.5 Å². The van der Waals surface area contributed by atoms with Crippen LogP contribution in [-0.2, 0) is 9.47 Å². The lowest BCUT2D eigenvalue weighted by molar-refractivity contribution is -0.0851. The Hall–Kier alpha value is -0.670. The Morgan fingerprint density at radius 1 is 1.02 bits per heavy atom. The van der Waals surface area contributed by atoms with E-state index in [2.05, 4.69) is 86.9 Å². The van der Waals surface area contributed by atoms with Gasteiger partial charge < -0.3 is 9.47 Å². The molecule has 4 fully saturated rings. The topological polar surface area (TPSA) is 57.8 Å². The van der Waals surface area contributed by atoms with Gasteiger partial charge in [-0.3, -0.25) is 15.5 Å². The molecule has 1 saturated carbocycles. The fraction of sp³-hybridized carbons (Fsp3) is 0.824. The number of fused-ring (bicyclic) bond motifs is 4. The van der Waals surface area contributed by atoms with Gasteiger partial charge in [-0.05, 0) is 85.8 Å². The van der Waals surface area contributed by atoms with Gasteiger partial charge in [0.1, 0.15) is 12.5 Å². The highest BCUT2D eigenvalue weighted by molar-refractivity contribution is 7.98. The Labute approximate surface area is 255 Å². The van der Waals surface area contributed by atoms with Gasteiger partial charge >= 0.3 is 0 Å². The summed E-state index contributed by atoms with van der Waals surface area (Å²) in [5, 5.41) is 8.32. The number of nitrogens with one attached hydrogen (secondary N) is 3. The normalized spacial score (nSPS) is 35.6. The van der Waals surface area contributed by atoms with Gasteiger partial charge in [0.15, 0.2) is 0 Å². The van der Waals surface area contributed by atoms with Crippen LogP contribution in [0.4, 0.5) is 0 Å². The molecule has 0 spiro atoms. The Balaban J connectivity index is 1.39. The maximum Gasteiger partial charge on any atom is 0.123 e. The van der Waals surface area contributed by atoms with Gasteiger partial charge in [0.2, 0.25) is 0 Å². The van der Waals surface area contributed by atoms with Crippen molar-refractivity contribution < 1.29 is 9.47 Å². The highest BCUT2D eigenvalue weighted by Crippen LogP contribution is 2.36. The van der Waals surface area contributed by atoms with Crippen molar-refractivity contribution in [1.29, 1.82) is 0 Å². The lowest BCUT2D eigenvalue weighted by atomic mass is 9.84. The van der Waals surface area contributed by atoms with Crippen molar-refractivity contribution in [2.24, 2.45) is 16.7 Å². The summed E-state index contributed by atoms with van der Waals surface area (Å²) in [6.07, 6.45) is 10.0. The molecule has 6 unspecified atom stereocenters. The second-order valence-corrected chi connectivity index (χ2v) is 16.7. The van der Waals surface area contributed by atoms with Gasteiger partial charge in [0.05, 0.1) is 19.3 Å². The van der Waals surface area contributed by atoms with E-state index >= 15 is 0 Å². The Kier molecular flexibility index (Phi) is 10.5. The SMILES string of the molecule is Cc1cccc(C)c1C1CC2NC(NSC3CCCC(C3)CN(CC3CCC(C)(C)CO3)[C@H](CC(C)(C)C)CO2)N1. The Morgan fingerprint density at radius 3 is 2.51 bits per heavy atom. The Bertz CT molecular complexity index is 967. The van der Waals surface area contributed by atoms with E-state index in [-0.39, 0.29) is 24.0 Å². The number of hydrogen-bond acceptors (Lipinski definition) is 7. The van der Waals surface area contributed by atoms with Crippen molar-refractivity contribution in [3.8, 4) is 0 Å². The molecule has 4 aliphatic rings. The standard InChI is InChI=1S/C34H58N4O2S/c1-23-10-8-11-24(2)31(23)29-17-30-36-32(35-29)37-41-28-13-9-12-25(16-28)19-38(26(21-39-30)18-33(3,4)5)20-27-14-15-34(6,7)22-40-27/h8,10-11,25-30,32,35-37H,9,12-22H2,1-7H3/t25?,26-,27?,28?,29?,30?,32?/m1/s1. The molecule has 3 heterocycles. The third-order valence-electron chi connectivity index (χ3n) is 9.79. The van der Waals surface area contributed by atoms with Crippen LogP contribution >= 0.6 is 11.9 Å². The predicted molar refractivity (Wildman–Crippen MR) is 172 cm³/mol. The largest absolute Gasteiger partial charge is 0.376 e. The molecule has 232 valence electrons. The van der Waals surface area contributed by atoms with Crippen molar-refractivity contribution in [3.63, 3.8) is 0 Å². The molecular weight excluding hydrogens is 528 g/mol. The van der Waals surface area contributed by atoms with Gasteiger partial charge in [0.25, 0.3) is 0 Å². The fourth-order valence-corrected chi connectivity index (χ4v) is 8.73. The van der Waals surface area contributed by atoms with Gasteiger partial charge in [0, 0.05) is 36.8 Å². The van der Waals surface area contributed by atoms with Gasteiger partial charge in [-0.25, -0.2) is 4.72 Å². The van der Waals surface area contributed by atoms with Crippen LogP contribution in [0.3, 0.4) is 0 Å². The van der Waals surface area contributed by atoms with Crippen molar-refractivity contribution in [3.05, 3.63) is 34.9 Å². The van der Waals surface area contributed by atoms with E-state index in [4.69, 9.17) is 9.47 Å². The van der Waals surface area contributed by atoms with Crippen LogP contribution in [0.15, 0.2) is 18.2 Å². The number of hydrogen-bond donors (Lipinski definition) is 3. The zero-order valence-corrected chi connectivity index (χ0v) is 27.7. The van der Waals surface area contributed by atoms with Crippen LogP contribution in [-0.4, -0.2) is 61.1 Å². The first-order valence-electron chi connectivity index (χ1n) is 16.4. The molecule has 0 amide bonds. The van der Waals surface area contributed by atoms with E-state index in [9.17, 15) is 0 Å². The summed E-state index contributed by atoms with van der Waals surface area (Å²) in [5.41, 5.74) is 4.67. The van der Waals surface area contributed by atoms with Crippen molar-refractivity contribution in [2.45, 2.75) is 136 Å². The number of rotatable bonds is 4. The third-order valence-corrected chi connectivity index (χ3v) is 10.9. The first-order chi connectivity index (χ1) is 19.4. The molecule has 0 aromatic heterocycles. The summed E-state index contributed by atoms with van der Waals surface area (Å²) in [6.45, 7) is 20.2. The van der Waals surface area contributed by atoms with Gasteiger partial charge in [-0.1, -0.05) is 71.2 Å².